The minimum atomic E-state index is -0.517. The van der Waals surface area contributed by atoms with Crippen molar-refractivity contribution in [1.82, 2.24) is 5.32 Å². The van der Waals surface area contributed by atoms with Crippen LogP contribution in [0.3, 0.4) is 0 Å². The summed E-state index contributed by atoms with van der Waals surface area (Å²) in [6, 6.07) is 7.99. The summed E-state index contributed by atoms with van der Waals surface area (Å²) in [7, 11) is 0. The maximum Gasteiger partial charge on any atom is 0.407 e. The Hall–Kier alpha value is -1.79. The van der Waals surface area contributed by atoms with Crippen LogP contribution in [0.5, 0.6) is 0 Å². The van der Waals surface area contributed by atoms with Crippen molar-refractivity contribution in [3.8, 4) is 0 Å². The van der Waals surface area contributed by atoms with Crippen LogP contribution in [0.4, 0.5) is 10.5 Å². The molecule has 1 fully saturated rings. The number of rotatable bonds is 4. The lowest BCUT2D eigenvalue weighted by Gasteiger charge is -2.35. The summed E-state index contributed by atoms with van der Waals surface area (Å²) in [5.41, 5.74) is 1.46. The first-order valence-electron chi connectivity index (χ1n) is 8.23. The second kappa shape index (κ2) is 7.40. The molecule has 6 nitrogen and oxygen atoms in total. The van der Waals surface area contributed by atoms with E-state index in [1.165, 1.54) is 0 Å². The molecule has 1 aliphatic rings. The van der Waals surface area contributed by atoms with Crippen molar-refractivity contribution in [3.63, 3.8) is 0 Å². The molecule has 2 N–H and O–H groups in total. The second-order valence-electron chi connectivity index (χ2n) is 7.42. The fourth-order valence-electron chi connectivity index (χ4n) is 2.27. The quantitative estimate of drug-likeness (QED) is 0.883. The van der Waals surface area contributed by atoms with E-state index in [-0.39, 0.29) is 6.04 Å². The van der Waals surface area contributed by atoms with Crippen molar-refractivity contribution in [2.24, 2.45) is 0 Å². The van der Waals surface area contributed by atoms with Crippen LogP contribution in [0.1, 0.15) is 40.2 Å². The Balaban J connectivity index is 1.84. The molecular weight excluding hydrogens is 308 g/mol. The first-order chi connectivity index (χ1) is 11.1. The Kier molecular flexibility index (Phi) is 5.72. The molecule has 0 spiro atoms. The van der Waals surface area contributed by atoms with Gasteiger partial charge >= 0.3 is 6.09 Å². The first-order valence-corrected chi connectivity index (χ1v) is 8.23. The van der Waals surface area contributed by atoms with Crippen LogP contribution >= 0.6 is 0 Å². The molecule has 1 aliphatic heterocycles. The van der Waals surface area contributed by atoms with Gasteiger partial charge in [-0.15, -0.1) is 0 Å². The van der Waals surface area contributed by atoms with E-state index in [0.29, 0.717) is 19.8 Å². The number of ether oxygens (including phenoxy) is 3. The van der Waals surface area contributed by atoms with Gasteiger partial charge in [-0.05, 0) is 52.3 Å². The van der Waals surface area contributed by atoms with Crippen molar-refractivity contribution in [2.45, 2.75) is 58.6 Å². The number of benzene rings is 1. The molecule has 0 bridgehead atoms. The van der Waals surface area contributed by atoms with Crippen LogP contribution in [0.25, 0.3) is 0 Å². The number of carbonyl (C=O) groups is 1. The van der Waals surface area contributed by atoms with Gasteiger partial charge in [-0.2, -0.15) is 0 Å². The molecule has 1 saturated heterocycles. The molecule has 2 rings (SSSR count). The summed E-state index contributed by atoms with van der Waals surface area (Å²) in [5, 5.41) is 6.15. The lowest BCUT2D eigenvalue weighted by molar-refractivity contribution is -0.247. The fourth-order valence-corrected chi connectivity index (χ4v) is 2.27. The zero-order valence-corrected chi connectivity index (χ0v) is 15.1. The summed E-state index contributed by atoms with van der Waals surface area (Å²) in [5.74, 6) is -0.517. The highest BCUT2D eigenvalue weighted by Gasteiger charge is 2.28. The number of anilines is 1. The van der Waals surface area contributed by atoms with Crippen molar-refractivity contribution < 1.29 is 19.0 Å². The molecule has 6 heteroatoms. The van der Waals surface area contributed by atoms with E-state index in [0.717, 1.165) is 11.3 Å². The molecular formula is C18H28N2O4. The van der Waals surface area contributed by atoms with Gasteiger partial charge in [0.25, 0.3) is 0 Å². The Morgan fingerprint density at radius 2 is 1.96 bits per heavy atom. The highest BCUT2D eigenvalue weighted by molar-refractivity contribution is 5.67. The van der Waals surface area contributed by atoms with Crippen LogP contribution in [0, 0.1) is 0 Å². The molecule has 1 heterocycles. The molecule has 0 unspecified atom stereocenters. The molecule has 24 heavy (non-hydrogen) atoms. The maximum absolute atomic E-state index is 11.7. The Labute approximate surface area is 143 Å². The zero-order chi connectivity index (χ0) is 17.8. The van der Waals surface area contributed by atoms with Gasteiger partial charge in [0.15, 0.2) is 5.79 Å². The molecule has 1 amide bonds. The van der Waals surface area contributed by atoms with Gasteiger partial charge in [-0.1, -0.05) is 12.1 Å². The van der Waals surface area contributed by atoms with Gasteiger partial charge in [-0.25, -0.2) is 4.79 Å². The topological polar surface area (TPSA) is 68.8 Å². The summed E-state index contributed by atoms with van der Waals surface area (Å²) in [6.45, 7) is 10.9. The molecule has 134 valence electrons. The van der Waals surface area contributed by atoms with Crippen LogP contribution < -0.4 is 10.6 Å². The SMILES string of the molecule is CC(C)(C)OC(=O)NCc1cccc(NC2COC(C)(C)OC2)c1. The highest BCUT2D eigenvalue weighted by atomic mass is 16.7. The molecule has 0 radical (unpaired) electrons. The largest absolute Gasteiger partial charge is 0.444 e. The minimum Gasteiger partial charge on any atom is -0.444 e. The number of amides is 1. The smallest absolute Gasteiger partial charge is 0.407 e. The van der Waals surface area contributed by atoms with Crippen molar-refractivity contribution in [3.05, 3.63) is 29.8 Å². The van der Waals surface area contributed by atoms with E-state index in [2.05, 4.69) is 10.6 Å². The molecule has 1 aromatic rings. The van der Waals surface area contributed by atoms with Gasteiger partial charge in [0.1, 0.15) is 5.60 Å². The number of hydrogen-bond acceptors (Lipinski definition) is 5. The maximum atomic E-state index is 11.7. The van der Waals surface area contributed by atoms with Crippen molar-refractivity contribution in [2.75, 3.05) is 18.5 Å². The van der Waals surface area contributed by atoms with E-state index in [4.69, 9.17) is 14.2 Å². The molecule has 0 atom stereocenters. The molecule has 0 saturated carbocycles. The van der Waals surface area contributed by atoms with Crippen LogP contribution in [0.15, 0.2) is 24.3 Å². The minimum absolute atomic E-state index is 0.104. The van der Waals surface area contributed by atoms with Gasteiger partial charge in [0.2, 0.25) is 0 Å². The van der Waals surface area contributed by atoms with Gasteiger partial charge in [0.05, 0.1) is 19.3 Å². The van der Waals surface area contributed by atoms with E-state index in [1.807, 2.05) is 58.9 Å². The second-order valence-corrected chi connectivity index (χ2v) is 7.42. The van der Waals surface area contributed by atoms with E-state index in [1.54, 1.807) is 0 Å². The van der Waals surface area contributed by atoms with E-state index in [9.17, 15) is 4.79 Å². The summed E-state index contributed by atoms with van der Waals surface area (Å²) >= 11 is 0. The lowest BCUT2D eigenvalue weighted by Crippen LogP contribution is -2.45. The van der Waals surface area contributed by atoms with Gasteiger partial charge in [0, 0.05) is 12.2 Å². The normalized spacial score (nSPS) is 18.0. The van der Waals surface area contributed by atoms with Crippen LogP contribution in [-0.4, -0.2) is 36.7 Å². The predicted molar refractivity (Wildman–Crippen MR) is 92.9 cm³/mol. The standard InChI is InChI=1S/C18H28N2O4/c1-17(2,3)24-16(21)19-10-13-7-6-8-14(9-13)20-15-11-22-18(4,5)23-12-15/h6-9,15,20H,10-12H2,1-5H3,(H,19,21). The number of carbonyl (C=O) groups excluding carboxylic acids is 1. The number of nitrogens with one attached hydrogen (secondary N) is 2. The number of alkyl carbamates (subject to hydrolysis) is 1. The van der Waals surface area contributed by atoms with Gasteiger partial charge < -0.3 is 24.8 Å². The average Bonchev–Trinajstić information content (AvgIpc) is 2.46. The van der Waals surface area contributed by atoms with E-state index >= 15 is 0 Å². The van der Waals surface area contributed by atoms with E-state index < -0.39 is 17.5 Å². The first kappa shape index (κ1) is 18.5. The van der Waals surface area contributed by atoms with Crippen molar-refractivity contribution >= 4 is 11.8 Å². The van der Waals surface area contributed by atoms with Crippen LogP contribution in [0.2, 0.25) is 0 Å². The summed E-state index contributed by atoms with van der Waals surface area (Å²) in [6.07, 6.45) is -0.419. The lowest BCUT2D eigenvalue weighted by atomic mass is 10.1. The van der Waals surface area contributed by atoms with Gasteiger partial charge in [-0.3, -0.25) is 0 Å². The Bertz CT molecular complexity index is 556. The molecule has 0 aromatic heterocycles. The number of hydrogen-bond donors (Lipinski definition) is 2. The monoisotopic (exact) mass is 336 g/mol. The third-order valence-corrected chi connectivity index (χ3v) is 3.40. The zero-order valence-electron chi connectivity index (χ0n) is 15.1. The Morgan fingerprint density at radius 3 is 2.58 bits per heavy atom. The van der Waals surface area contributed by atoms with Crippen molar-refractivity contribution in [1.29, 1.82) is 0 Å². The summed E-state index contributed by atoms with van der Waals surface area (Å²) < 4.78 is 16.5. The summed E-state index contributed by atoms with van der Waals surface area (Å²) in [4.78, 5) is 11.7. The average molecular weight is 336 g/mol. The highest BCUT2D eigenvalue weighted by Crippen LogP contribution is 2.20. The fraction of sp³-hybridized carbons (Fsp3) is 0.611. The third kappa shape index (κ3) is 6.37. The third-order valence-electron chi connectivity index (χ3n) is 3.40. The molecule has 0 aliphatic carbocycles. The predicted octanol–water partition coefficient (Wildman–Crippen LogP) is 3.27. The van der Waals surface area contributed by atoms with Crippen LogP contribution in [-0.2, 0) is 20.8 Å². The Morgan fingerprint density at radius 1 is 1.29 bits per heavy atom. The molecule has 1 aromatic carbocycles.